The second-order valence-corrected chi connectivity index (χ2v) is 13.0. The number of pyridine rings is 1. The third kappa shape index (κ3) is 5.54. The van der Waals surface area contributed by atoms with Crippen molar-refractivity contribution in [2.24, 2.45) is 0 Å². The summed E-state index contributed by atoms with van der Waals surface area (Å²) in [5, 5.41) is 2.03. The third-order valence-electron chi connectivity index (χ3n) is 7.55. The molecule has 6 rings (SSSR count). The molecule has 0 spiro atoms. The number of piperazine rings is 1. The van der Waals surface area contributed by atoms with E-state index in [0.717, 1.165) is 91.2 Å². The molecule has 0 unspecified atom stereocenters. The van der Waals surface area contributed by atoms with Crippen LogP contribution in [0.2, 0.25) is 0 Å². The standard InChI is InChI=1S/C28H32AsN5OS2/c29-34-27(35)22-19-21-8-2-1-5-17-36-26(21)25(22)31-28(34)37-18-6-12-32-13-15-33(16-14-32)24-11-10-20-7-3-4-9-23(20)30-24/h3-4,7,9-11H,1-2,5-6,8,12-19H2. The minimum atomic E-state index is 0.123. The summed E-state index contributed by atoms with van der Waals surface area (Å²) in [5.41, 5.74) is 4.52. The van der Waals surface area contributed by atoms with E-state index >= 15 is 0 Å². The van der Waals surface area contributed by atoms with E-state index in [9.17, 15) is 4.79 Å². The van der Waals surface area contributed by atoms with Gasteiger partial charge in [-0.2, -0.15) is 0 Å². The van der Waals surface area contributed by atoms with Crippen molar-refractivity contribution in [3.63, 3.8) is 0 Å². The van der Waals surface area contributed by atoms with E-state index in [-0.39, 0.29) is 5.56 Å². The van der Waals surface area contributed by atoms with E-state index in [4.69, 9.17) is 9.97 Å². The summed E-state index contributed by atoms with van der Waals surface area (Å²) in [6, 6.07) is 12.6. The summed E-state index contributed by atoms with van der Waals surface area (Å²) in [7, 11) is 0. The molecular weight excluding hydrogens is 561 g/mol. The van der Waals surface area contributed by atoms with E-state index in [0.29, 0.717) is 0 Å². The Kier molecular flexibility index (Phi) is 7.98. The van der Waals surface area contributed by atoms with Gasteiger partial charge in [0, 0.05) is 5.39 Å². The monoisotopic (exact) mass is 593 g/mol. The van der Waals surface area contributed by atoms with Gasteiger partial charge in [0.15, 0.2) is 0 Å². The average Bonchev–Trinajstić information content (AvgIpc) is 3.25. The van der Waals surface area contributed by atoms with Crippen LogP contribution in [0.5, 0.6) is 0 Å². The maximum atomic E-state index is 13.1. The molecule has 9 heteroatoms. The van der Waals surface area contributed by atoms with Crippen LogP contribution in [-0.4, -0.2) is 79.7 Å². The van der Waals surface area contributed by atoms with Gasteiger partial charge in [0.1, 0.15) is 0 Å². The Morgan fingerprint density at radius 1 is 1.00 bits per heavy atom. The molecule has 0 saturated carbocycles. The van der Waals surface area contributed by atoms with Gasteiger partial charge in [0.25, 0.3) is 0 Å². The summed E-state index contributed by atoms with van der Waals surface area (Å²) in [5.74, 6) is 3.18. The molecule has 2 aliphatic heterocycles. The molecule has 3 aliphatic rings. The Bertz CT molecular complexity index is 1380. The van der Waals surface area contributed by atoms with Gasteiger partial charge in [-0.3, -0.25) is 0 Å². The van der Waals surface area contributed by atoms with Crippen molar-refractivity contribution < 1.29 is 0 Å². The Hall–Kier alpha value is -1.73. The van der Waals surface area contributed by atoms with Crippen molar-refractivity contribution in [2.45, 2.75) is 43.7 Å². The van der Waals surface area contributed by atoms with Gasteiger partial charge in [-0.05, 0) is 12.1 Å². The number of benzene rings is 1. The average molecular weight is 594 g/mol. The fourth-order valence-electron chi connectivity index (χ4n) is 5.48. The zero-order valence-electron chi connectivity index (χ0n) is 21.1. The van der Waals surface area contributed by atoms with Crippen LogP contribution in [0.25, 0.3) is 15.8 Å². The molecule has 1 saturated heterocycles. The summed E-state index contributed by atoms with van der Waals surface area (Å²) < 4.78 is 1.72. The first kappa shape index (κ1) is 25.5. The zero-order chi connectivity index (χ0) is 25.2. The summed E-state index contributed by atoms with van der Waals surface area (Å²) >= 11 is 6.07. The number of hydrogen-bond acceptors (Lipinski definition) is 7. The Morgan fingerprint density at radius 2 is 1.86 bits per heavy atom. The molecule has 192 valence electrons. The van der Waals surface area contributed by atoms with Crippen LogP contribution in [0.1, 0.15) is 43.4 Å². The first-order valence-corrected chi connectivity index (χ1v) is 16.1. The number of anilines is 1. The predicted molar refractivity (Wildman–Crippen MR) is 157 cm³/mol. The molecule has 3 aromatic rings. The second kappa shape index (κ2) is 11.6. The molecule has 1 aliphatic carbocycles. The van der Waals surface area contributed by atoms with Crippen molar-refractivity contribution in [3.8, 4) is 0 Å². The second-order valence-electron chi connectivity index (χ2n) is 10.00. The van der Waals surface area contributed by atoms with E-state index in [1.54, 1.807) is 15.2 Å². The minimum absolute atomic E-state index is 0.123. The van der Waals surface area contributed by atoms with Crippen molar-refractivity contribution in [1.29, 1.82) is 0 Å². The van der Waals surface area contributed by atoms with Crippen molar-refractivity contribution in [3.05, 3.63) is 63.6 Å². The number of para-hydroxylation sites is 1. The van der Waals surface area contributed by atoms with E-state index in [1.165, 1.54) is 35.1 Å². The molecule has 1 aromatic carbocycles. The van der Waals surface area contributed by atoms with Crippen molar-refractivity contribution >= 4 is 62.2 Å². The van der Waals surface area contributed by atoms with Crippen LogP contribution in [-0.2, 0) is 6.42 Å². The molecule has 0 amide bonds. The SMILES string of the molecule is O=c1c2c(nc(SCCCN3CCN(c4ccc5ccccc5n4)CC3)n1[As])C1=C(CCCCCS1)C2. The fraction of sp³-hybridized carbons (Fsp3) is 0.464. The molecule has 2 radical (unpaired) electrons. The first-order chi connectivity index (χ1) is 18.2. The predicted octanol–water partition coefficient (Wildman–Crippen LogP) is 4.60. The van der Waals surface area contributed by atoms with E-state index in [1.807, 2.05) is 11.8 Å². The van der Waals surface area contributed by atoms with Gasteiger partial charge in [-0.15, -0.1) is 0 Å². The van der Waals surface area contributed by atoms with Gasteiger partial charge in [-0.25, -0.2) is 0 Å². The van der Waals surface area contributed by atoms with Gasteiger partial charge >= 0.3 is 196 Å². The van der Waals surface area contributed by atoms with Crippen LogP contribution < -0.4 is 10.5 Å². The van der Waals surface area contributed by atoms with E-state index < -0.39 is 0 Å². The fourth-order valence-corrected chi connectivity index (χ4v) is 8.24. The first-order valence-electron chi connectivity index (χ1n) is 13.3. The van der Waals surface area contributed by atoms with Gasteiger partial charge in [-0.1, -0.05) is 18.2 Å². The molecular formula is C28H32AsN5OS2. The molecule has 0 bridgehead atoms. The number of allylic oxidation sites excluding steroid dienone is 1. The van der Waals surface area contributed by atoms with Gasteiger partial charge in [0.05, 0.1) is 5.52 Å². The number of thioether (sulfide) groups is 2. The molecule has 0 N–H and O–H groups in total. The number of rotatable bonds is 6. The molecule has 2 aromatic heterocycles. The number of fused-ring (bicyclic) bond motifs is 3. The van der Waals surface area contributed by atoms with Crippen LogP contribution in [0.4, 0.5) is 5.82 Å². The van der Waals surface area contributed by atoms with E-state index in [2.05, 4.69) is 63.3 Å². The molecule has 6 nitrogen and oxygen atoms in total. The summed E-state index contributed by atoms with van der Waals surface area (Å²) in [4.78, 5) is 29.3. The Labute approximate surface area is 236 Å². The van der Waals surface area contributed by atoms with Crippen LogP contribution in [0.15, 0.2) is 51.9 Å². The zero-order valence-corrected chi connectivity index (χ0v) is 24.6. The third-order valence-corrected chi connectivity index (χ3v) is 10.9. The number of nitrogens with zero attached hydrogens (tertiary/aromatic N) is 5. The molecule has 1 fully saturated rings. The summed E-state index contributed by atoms with van der Waals surface area (Å²) in [6.07, 6.45) is 6.78. The molecule has 37 heavy (non-hydrogen) atoms. The van der Waals surface area contributed by atoms with Crippen molar-refractivity contribution in [2.75, 3.05) is 49.1 Å². The topological polar surface area (TPSA) is 54.3 Å². The maximum absolute atomic E-state index is 13.1. The number of hydrogen-bond donors (Lipinski definition) is 0. The number of aromatic nitrogens is 3. The van der Waals surface area contributed by atoms with Gasteiger partial charge in [0.2, 0.25) is 0 Å². The quantitative estimate of drug-likeness (QED) is 0.179. The van der Waals surface area contributed by atoms with Crippen LogP contribution in [0, 0.1) is 0 Å². The van der Waals surface area contributed by atoms with Crippen LogP contribution >= 0.6 is 23.5 Å². The Morgan fingerprint density at radius 3 is 2.76 bits per heavy atom. The molecule has 4 heterocycles. The van der Waals surface area contributed by atoms with Gasteiger partial charge < -0.3 is 0 Å². The summed E-state index contributed by atoms with van der Waals surface area (Å²) in [6.45, 7) is 5.20. The Balaban J connectivity index is 1.02. The normalized spacial score (nSPS) is 18.6. The van der Waals surface area contributed by atoms with Crippen LogP contribution in [0.3, 0.4) is 0 Å². The molecule has 0 atom stereocenters. The van der Waals surface area contributed by atoms with Crippen molar-refractivity contribution in [1.82, 2.24) is 18.4 Å².